The minimum atomic E-state index is -0.459. The molecule has 0 bridgehead atoms. The van der Waals surface area contributed by atoms with Crippen molar-refractivity contribution in [3.63, 3.8) is 0 Å². The summed E-state index contributed by atoms with van der Waals surface area (Å²) in [6.45, 7) is 6.16. The lowest BCUT2D eigenvalue weighted by Gasteiger charge is -2.24. The van der Waals surface area contributed by atoms with E-state index in [1.165, 1.54) is 17.2 Å². The molecule has 1 amide bonds. The first-order valence-electron chi connectivity index (χ1n) is 6.71. The third kappa shape index (κ3) is 5.23. The second-order valence-corrected chi connectivity index (χ2v) is 5.35. The maximum absolute atomic E-state index is 12.5. The highest BCUT2D eigenvalue weighted by Gasteiger charge is 2.23. The summed E-state index contributed by atoms with van der Waals surface area (Å²) in [5, 5.41) is 0.0619. The number of anilines is 1. The van der Waals surface area contributed by atoms with Gasteiger partial charge in [0.2, 0.25) is 0 Å². The Morgan fingerprint density at radius 1 is 1.48 bits per heavy atom. The number of carbonyl (C=O) groups is 2. The Hall–Kier alpha value is -1.82. The first-order chi connectivity index (χ1) is 9.85. The predicted octanol–water partition coefficient (Wildman–Crippen LogP) is 1.98. The van der Waals surface area contributed by atoms with Crippen LogP contribution in [-0.4, -0.2) is 41.5 Å². The third-order valence-electron chi connectivity index (χ3n) is 2.59. The second-order valence-electron chi connectivity index (χ2n) is 4.99. The molecular weight excluding hydrogens is 294 g/mol. The number of rotatable bonds is 6. The topological polar surface area (TPSA) is 85.5 Å². The molecule has 0 saturated carbocycles. The van der Waals surface area contributed by atoms with E-state index in [0.29, 0.717) is 12.2 Å². The average Bonchev–Trinajstić information content (AvgIpc) is 2.39. The first-order valence-corrected chi connectivity index (χ1v) is 7.08. The number of hydrogen-bond acceptors (Lipinski definition) is 5. The number of nitrogens with two attached hydrogens (primary N) is 1. The molecule has 0 aliphatic carbocycles. The van der Waals surface area contributed by atoms with Crippen LogP contribution in [0.4, 0.5) is 5.69 Å². The van der Waals surface area contributed by atoms with Gasteiger partial charge in [0.25, 0.3) is 5.91 Å². The summed E-state index contributed by atoms with van der Waals surface area (Å²) in [4.78, 5) is 29.4. The highest BCUT2D eigenvalue weighted by molar-refractivity contribution is 6.32. The van der Waals surface area contributed by atoms with Crippen LogP contribution in [0.1, 0.15) is 31.1 Å². The van der Waals surface area contributed by atoms with Gasteiger partial charge in [0.1, 0.15) is 11.7 Å². The van der Waals surface area contributed by atoms with Crippen LogP contribution in [0.2, 0.25) is 5.15 Å². The van der Waals surface area contributed by atoms with Crippen LogP contribution in [0.3, 0.4) is 0 Å². The number of aromatic nitrogens is 1. The monoisotopic (exact) mass is 313 g/mol. The van der Waals surface area contributed by atoms with Gasteiger partial charge in [-0.1, -0.05) is 25.4 Å². The van der Waals surface area contributed by atoms with E-state index < -0.39 is 5.97 Å². The standard InChI is InChI=1S/C14H20ClN3O3/c1-4-21-12(19)8-18(7-9(2)3)14(20)11-5-10(16)6-17-13(11)15/h5-6,9H,4,7-8,16H2,1-3H3. The molecular formula is C14H20ClN3O3. The largest absolute Gasteiger partial charge is 0.465 e. The molecule has 0 unspecified atom stereocenters. The van der Waals surface area contributed by atoms with Crippen LogP contribution >= 0.6 is 11.6 Å². The van der Waals surface area contributed by atoms with Crippen LogP contribution in [0.5, 0.6) is 0 Å². The van der Waals surface area contributed by atoms with Crippen molar-refractivity contribution in [1.82, 2.24) is 9.88 Å². The molecule has 116 valence electrons. The maximum Gasteiger partial charge on any atom is 0.325 e. The molecule has 0 fully saturated rings. The van der Waals surface area contributed by atoms with Crippen molar-refractivity contribution in [1.29, 1.82) is 0 Å². The van der Waals surface area contributed by atoms with E-state index in [9.17, 15) is 9.59 Å². The molecule has 0 aromatic carbocycles. The zero-order chi connectivity index (χ0) is 16.0. The van der Waals surface area contributed by atoms with Gasteiger partial charge in [0, 0.05) is 6.54 Å². The maximum atomic E-state index is 12.5. The molecule has 0 aliphatic heterocycles. The molecule has 2 N–H and O–H groups in total. The number of nitrogens with zero attached hydrogens (tertiary/aromatic N) is 2. The molecule has 0 radical (unpaired) electrons. The normalized spacial score (nSPS) is 10.5. The van der Waals surface area contributed by atoms with Gasteiger partial charge >= 0.3 is 5.97 Å². The lowest BCUT2D eigenvalue weighted by atomic mass is 10.1. The second kappa shape index (κ2) is 7.83. The van der Waals surface area contributed by atoms with Crippen molar-refractivity contribution in [2.75, 3.05) is 25.4 Å². The van der Waals surface area contributed by atoms with Crippen molar-refractivity contribution >= 4 is 29.2 Å². The summed E-state index contributed by atoms with van der Waals surface area (Å²) in [5.41, 5.74) is 6.15. The minimum absolute atomic E-state index is 0.0619. The zero-order valence-corrected chi connectivity index (χ0v) is 13.2. The Bertz CT molecular complexity index is 520. The lowest BCUT2D eigenvalue weighted by molar-refractivity contribution is -0.143. The zero-order valence-electron chi connectivity index (χ0n) is 12.4. The molecule has 0 atom stereocenters. The van der Waals surface area contributed by atoms with E-state index in [2.05, 4.69) is 4.98 Å². The molecule has 21 heavy (non-hydrogen) atoms. The SMILES string of the molecule is CCOC(=O)CN(CC(C)C)C(=O)c1cc(N)cnc1Cl. The summed E-state index contributed by atoms with van der Waals surface area (Å²) < 4.78 is 4.89. The van der Waals surface area contributed by atoms with E-state index in [1.54, 1.807) is 6.92 Å². The smallest absolute Gasteiger partial charge is 0.325 e. The Morgan fingerprint density at radius 3 is 2.71 bits per heavy atom. The van der Waals surface area contributed by atoms with E-state index in [0.717, 1.165) is 0 Å². The Morgan fingerprint density at radius 2 is 2.14 bits per heavy atom. The number of amides is 1. The summed E-state index contributed by atoms with van der Waals surface area (Å²) in [7, 11) is 0. The van der Waals surface area contributed by atoms with Gasteiger partial charge in [-0.3, -0.25) is 9.59 Å². The number of ether oxygens (including phenoxy) is 1. The molecule has 0 spiro atoms. The molecule has 0 saturated heterocycles. The number of hydrogen-bond donors (Lipinski definition) is 1. The fourth-order valence-corrected chi connectivity index (χ4v) is 1.99. The Balaban J connectivity index is 2.98. The highest BCUT2D eigenvalue weighted by Crippen LogP contribution is 2.18. The molecule has 0 aliphatic rings. The van der Waals surface area contributed by atoms with Gasteiger partial charge < -0.3 is 15.4 Å². The minimum Gasteiger partial charge on any atom is -0.465 e. The van der Waals surface area contributed by atoms with Crippen LogP contribution in [0.15, 0.2) is 12.3 Å². The highest BCUT2D eigenvalue weighted by atomic mass is 35.5. The van der Waals surface area contributed by atoms with Crippen LogP contribution in [-0.2, 0) is 9.53 Å². The van der Waals surface area contributed by atoms with Gasteiger partial charge in [-0.15, -0.1) is 0 Å². The van der Waals surface area contributed by atoms with E-state index in [1.807, 2.05) is 13.8 Å². The van der Waals surface area contributed by atoms with Crippen molar-refractivity contribution in [2.24, 2.45) is 5.92 Å². The van der Waals surface area contributed by atoms with Gasteiger partial charge in [0.15, 0.2) is 0 Å². The van der Waals surface area contributed by atoms with Gasteiger partial charge in [-0.05, 0) is 18.9 Å². The fourth-order valence-electron chi connectivity index (χ4n) is 1.81. The van der Waals surface area contributed by atoms with Crippen molar-refractivity contribution in [3.8, 4) is 0 Å². The number of carbonyl (C=O) groups excluding carboxylic acids is 2. The number of nitrogen functional groups attached to an aromatic ring is 1. The van der Waals surface area contributed by atoms with Gasteiger partial charge in [-0.25, -0.2) is 4.98 Å². The quantitative estimate of drug-likeness (QED) is 0.641. The third-order valence-corrected chi connectivity index (χ3v) is 2.89. The van der Waals surface area contributed by atoms with Crippen molar-refractivity contribution in [2.45, 2.75) is 20.8 Å². The Kier molecular flexibility index (Phi) is 6.42. The summed E-state index contributed by atoms with van der Waals surface area (Å²) in [6.07, 6.45) is 1.37. The van der Waals surface area contributed by atoms with Crippen LogP contribution < -0.4 is 5.73 Å². The molecule has 1 aromatic heterocycles. The van der Waals surface area contributed by atoms with Gasteiger partial charge in [0.05, 0.1) is 24.1 Å². The Labute approximate surface area is 129 Å². The number of pyridine rings is 1. The van der Waals surface area contributed by atoms with E-state index in [4.69, 9.17) is 22.1 Å². The van der Waals surface area contributed by atoms with Gasteiger partial charge in [-0.2, -0.15) is 0 Å². The molecule has 1 heterocycles. The summed E-state index contributed by atoms with van der Waals surface area (Å²) in [6, 6.07) is 1.45. The van der Waals surface area contributed by atoms with E-state index in [-0.39, 0.29) is 35.7 Å². The fraction of sp³-hybridized carbons (Fsp3) is 0.500. The molecule has 7 heteroatoms. The van der Waals surface area contributed by atoms with Crippen LogP contribution in [0.25, 0.3) is 0 Å². The number of esters is 1. The lowest BCUT2D eigenvalue weighted by Crippen LogP contribution is -2.39. The first kappa shape index (κ1) is 17.2. The molecule has 1 aromatic rings. The number of halogens is 1. The summed E-state index contributed by atoms with van der Waals surface area (Å²) in [5.74, 6) is -0.655. The van der Waals surface area contributed by atoms with Crippen LogP contribution in [0, 0.1) is 5.92 Å². The molecule has 1 rings (SSSR count). The van der Waals surface area contributed by atoms with Crippen molar-refractivity contribution < 1.29 is 14.3 Å². The van der Waals surface area contributed by atoms with Crippen molar-refractivity contribution in [3.05, 3.63) is 23.0 Å². The predicted molar refractivity (Wildman–Crippen MR) is 81.0 cm³/mol. The molecule has 6 nitrogen and oxygen atoms in total. The average molecular weight is 314 g/mol. The summed E-state index contributed by atoms with van der Waals surface area (Å²) >= 11 is 5.94. The van der Waals surface area contributed by atoms with E-state index >= 15 is 0 Å².